The van der Waals surface area contributed by atoms with Gasteiger partial charge in [0.2, 0.25) is 5.91 Å². The summed E-state index contributed by atoms with van der Waals surface area (Å²) in [5.41, 5.74) is 4.41. The van der Waals surface area contributed by atoms with Gasteiger partial charge in [0.1, 0.15) is 5.54 Å². The van der Waals surface area contributed by atoms with E-state index in [0.29, 0.717) is 6.42 Å². The summed E-state index contributed by atoms with van der Waals surface area (Å²) in [6.45, 7) is 3.95. The predicted molar refractivity (Wildman–Crippen MR) is 77.3 cm³/mol. The lowest BCUT2D eigenvalue weighted by Crippen LogP contribution is -2.49. The zero-order valence-electron chi connectivity index (χ0n) is 11.6. The van der Waals surface area contributed by atoms with Crippen molar-refractivity contribution in [2.75, 3.05) is 0 Å². The van der Waals surface area contributed by atoms with E-state index in [0.717, 1.165) is 4.88 Å². The summed E-state index contributed by atoms with van der Waals surface area (Å²) >= 11 is 1.51. The van der Waals surface area contributed by atoms with Crippen molar-refractivity contribution in [3.8, 4) is 0 Å². The molecule has 1 aliphatic heterocycles. The fraction of sp³-hybridized carbons (Fsp3) is 0.571. The number of carbonyl (C=O) groups excluding carboxylic acids is 1. The molecule has 3 atom stereocenters. The molecule has 1 aromatic heterocycles. The zero-order valence-corrected chi connectivity index (χ0v) is 12.4. The summed E-state index contributed by atoms with van der Waals surface area (Å²) in [6, 6.07) is 3.50. The predicted octanol–water partition coefficient (Wildman–Crippen LogP) is 1.75. The summed E-state index contributed by atoms with van der Waals surface area (Å²) in [6.07, 6.45) is 0.729. The van der Waals surface area contributed by atoms with Gasteiger partial charge in [-0.3, -0.25) is 14.9 Å². The van der Waals surface area contributed by atoms with Gasteiger partial charge in [0.05, 0.1) is 12.0 Å². The van der Waals surface area contributed by atoms with Gasteiger partial charge in [-0.1, -0.05) is 19.9 Å². The number of thiophene rings is 1. The largest absolute Gasteiger partial charge is 0.480 e. The number of primary amides is 1. The van der Waals surface area contributed by atoms with Crippen LogP contribution in [0.3, 0.4) is 0 Å². The molecule has 0 aromatic carbocycles. The Bertz CT molecular complexity index is 501. The molecule has 1 aliphatic rings. The standard InChI is InChI=1S/C14H20N2O3S/c1-8(2)6-14(13(18)19)7-9(12(15)17)11(16-14)10-4-3-5-20-10/h3-5,8-9,11,16H,6-7H2,1-2H3,(H2,15,17)(H,18,19)/t9-,11+,14-/m0/s1. The number of hydrogen-bond acceptors (Lipinski definition) is 4. The van der Waals surface area contributed by atoms with E-state index in [-0.39, 0.29) is 18.4 Å². The van der Waals surface area contributed by atoms with E-state index in [9.17, 15) is 14.7 Å². The second-order valence-corrected chi connectivity index (χ2v) is 6.81. The lowest BCUT2D eigenvalue weighted by Gasteiger charge is -2.27. The molecule has 4 N–H and O–H groups in total. The number of nitrogens with one attached hydrogen (secondary N) is 1. The molecule has 1 amide bonds. The second-order valence-electron chi connectivity index (χ2n) is 5.84. The van der Waals surface area contributed by atoms with E-state index >= 15 is 0 Å². The van der Waals surface area contributed by atoms with Crippen LogP contribution < -0.4 is 11.1 Å². The van der Waals surface area contributed by atoms with Crippen LogP contribution in [0.15, 0.2) is 17.5 Å². The van der Waals surface area contributed by atoms with E-state index in [4.69, 9.17) is 5.73 Å². The fourth-order valence-electron chi connectivity index (χ4n) is 3.03. The zero-order chi connectivity index (χ0) is 14.9. The van der Waals surface area contributed by atoms with E-state index in [2.05, 4.69) is 5.32 Å². The first-order valence-electron chi connectivity index (χ1n) is 6.69. The number of amides is 1. The van der Waals surface area contributed by atoms with E-state index < -0.39 is 23.3 Å². The van der Waals surface area contributed by atoms with E-state index in [1.165, 1.54) is 11.3 Å². The van der Waals surface area contributed by atoms with Gasteiger partial charge in [0.15, 0.2) is 0 Å². The molecule has 110 valence electrons. The van der Waals surface area contributed by atoms with Crippen LogP contribution >= 0.6 is 11.3 Å². The maximum absolute atomic E-state index is 11.7. The first kappa shape index (κ1) is 15.0. The summed E-state index contributed by atoms with van der Waals surface area (Å²) in [4.78, 5) is 24.4. The van der Waals surface area contributed by atoms with Crippen LogP contribution in [-0.2, 0) is 9.59 Å². The Labute approximate surface area is 122 Å². The highest BCUT2D eigenvalue weighted by Crippen LogP contribution is 2.42. The number of aliphatic carboxylic acids is 1. The molecule has 0 radical (unpaired) electrons. The molecule has 2 heterocycles. The quantitative estimate of drug-likeness (QED) is 0.772. The summed E-state index contributed by atoms with van der Waals surface area (Å²) in [5.74, 6) is -1.61. The van der Waals surface area contributed by atoms with E-state index in [1.807, 2.05) is 31.4 Å². The number of carboxylic acids is 1. The van der Waals surface area contributed by atoms with Crippen molar-refractivity contribution in [1.29, 1.82) is 0 Å². The molecule has 0 bridgehead atoms. The highest BCUT2D eigenvalue weighted by Gasteiger charge is 2.52. The molecule has 0 unspecified atom stereocenters. The van der Waals surface area contributed by atoms with Crippen molar-refractivity contribution in [2.24, 2.45) is 17.6 Å². The first-order valence-corrected chi connectivity index (χ1v) is 7.57. The minimum atomic E-state index is -1.07. The molecular formula is C14H20N2O3S. The molecule has 0 aliphatic carbocycles. The van der Waals surface area contributed by atoms with Crippen LogP contribution in [0, 0.1) is 11.8 Å². The highest BCUT2D eigenvalue weighted by molar-refractivity contribution is 7.10. The van der Waals surface area contributed by atoms with Crippen LogP contribution in [-0.4, -0.2) is 22.5 Å². The number of rotatable bonds is 5. The van der Waals surface area contributed by atoms with E-state index in [1.54, 1.807) is 0 Å². The lowest BCUT2D eigenvalue weighted by molar-refractivity contribution is -0.145. The fourth-order valence-corrected chi connectivity index (χ4v) is 3.87. The van der Waals surface area contributed by atoms with Gasteiger partial charge in [0, 0.05) is 4.88 Å². The number of carboxylic acid groups (broad SMARTS) is 1. The number of nitrogens with two attached hydrogens (primary N) is 1. The van der Waals surface area contributed by atoms with Crippen molar-refractivity contribution < 1.29 is 14.7 Å². The average molecular weight is 296 g/mol. The average Bonchev–Trinajstić information content (AvgIpc) is 2.94. The third-order valence-corrected chi connectivity index (χ3v) is 4.74. The maximum atomic E-state index is 11.7. The van der Waals surface area contributed by atoms with Crippen LogP contribution in [0.2, 0.25) is 0 Å². The molecule has 6 heteroatoms. The molecule has 1 saturated heterocycles. The molecule has 0 saturated carbocycles. The number of carbonyl (C=O) groups is 2. The van der Waals surface area contributed by atoms with Gasteiger partial charge in [-0.25, -0.2) is 0 Å². The Balaban J connectivity index is 2.35. The maximum Gasteiger partial charge on any atom is 0.323 e. The Kier molecular flexibility index (Phi) is 4.15. The monoisotopic (exact) mass is 296 g/mol. The van der Waals surface area contributed by atoms with Crippen molar-refractivity contribution in [1.82, 2.24) is 5.32 Å². The second kappa shape index (κ2) is 5.54. The van der Waals surface area contributed by atoms with Crippen molar-refractivity contribution in [3.05, 3.63) is 22.4 Å². The Morgan fingerprint density at radius 3 is 2.75 bits per heavy atom. The molecule has 0 spiro atoms. The van der Waals surface area contributed by atoms with Crippen LogP contribution in [0.1, 0.15) is 37.6 Å². The highest BCUT2D eigenvalue weighted by atomic mass is 32.1. The van der Waals surface area contributed by atoms with Crippen molar-refractivity contribution >= 4 is 23.2 Å². The Hall–Kier alpha value is -1.40. The molecule has 20 heavy (non-hydrogen) atoms. The van der Waals surface area contributed by atoms with Crippen LogP contribution in [0.25, 0.3) is 0 Å². The minimum Gasteiger partial charge on any atom is -0.480 e. The van der Waals surface area contributed by atoms with Crippen LogP contribution in [0.5, 0.6) is 0 Å². The third kappa shape index (κ3) is 2.71. The van der Waals surface area contributed by atoms with Gasteiger partial charge in [0.25, 0.3) is 0 Å². The lowest BCUT2D eigenvalue weighted by atomic mass is 9.84. The third-order valence-electron chi connectivity index (χ3n) is 3.78. The van der Waals surface area contributed by atoms with Gasteiger partial charge in [-0.05, 0) is 30.2 Å². The summed E-state index contributed by atoms with van der Waals surface area (Å²) < 4.78 is 0. The molecule has 5 nitrogen and oxygen atoms in total. The molecule has 2 rings (SSSR count). The first-order chi connectivity index (χ1) is 9.35. The van der Waals surface area contributed by atoms with Crippen molar-refractivity contribution in [3.63, 3.8) is 0 Å². The molecular weight excluding hydrogens is 276 g/mol. The minimum absolute atomic E-state index is 0.217. The SMILES string of the molecule is CC(C)C[C@@]1(C(=O)O)C[C@H](C(N)=O)[C@H](c2cccs2)N1. The van der Waals surface area contributed by atoms with Gasteiger partial charge in [-0.2, -0.15) is 0 Å². The Morgan fingerprint density at radius 2 is 2.30 bits per heavy atom. The summed E-state index contributed by atoms with van der Waals surface area (Å²) in [7, 11) is 0. The Morgan fingerprint density at radius 1 is 1.60 bits per heavy atom. The molecule has 1 fully saturated rings. The molecule has 1 aromatic rings. The smallest absolute Gasteiger partial charge is 0.323 e. The van der Waals surface area contributed by atoms with Gasteiger partial charge < -0.3 is 10.8 Å². The van der Waals surface area contributed by atoms with Gasteiger partial charge in [-0.15, -0.1) is 11.3 Å². The topological polar surface area (TPSA) is 92.4 Å². The van der Waals surface area contributed by atoms with Gasteiger partial charge >= 0.3 is 5.97 Å². The number of hydrogen-bond donors (Lipinski definition) is 3. The van der Waals surface area contributed by atoms with Crippen LogP contribution in [0.4, 0.5) is 0 Å². The normalized spacial score (nSPS) is 29.8. The summed E-state index contributed by atoms with van der Waals surface area (Å²) in [5, 5.41) is 14.7. The van der Waals surface area contributed by atoms with Crippen molar-refractivity contribution in [2.45, 2.75) is 38.3 Å².